The summed E-state index contributed by atoms with van der Waals surface area (Å²) in [5.41, 5.74) is 3.99. The van der Waals surface area contributed by atoms with Crippen molar-refractivity contribution >= 4 is 5.69 Å². The van der Waals surface area contributed by atoms with E-state index < -0.39 is 5.54 Å². The van der Waals surface area contributed by atoms with Crippen molar-refractivity contribution in [2.45, 2.75) is 25.3 Å². The third-order valence-electron chi connectivity index (χ3n) is 4.10. The lowest BCUT2D eigenvalue weighted by Crippen LogP contribution is -2.37. The second-order valence-electron chi connectivity index (χ2n) is 5.53. The summed E-state index contributed by atoms with van der Waals surface area (Å²) in [6, 6.07) is 12.6. The summed E-state index contributed by atoms with van der Waals surface area (Å²) in [7, 11) is 0. The van der Waals surface area contributed by atoms with Gasteiger partial charge in [-0.15, -0.1) is 0 Å². The number of aliphatic hydroxyl groups is 1. The monoisotopic (exact) mass is 271 g/mol. The van der Waals surface area contributed by atoms with Crippen molar-refractivity contribution in [1.29, 1.82) is 0 Å². The fourth-order valence-electron chi connectivity index (χ4n) is 2.98. The Bertz CT molecular complexity index is 623. The van der Waals surface area contributed by atoms with E-state index in [1.165, 1.54) is 23.3 Å². The zero-order valence-electron chi connectivity index (χ0n) is 11.5. The van der Waals surface area contributed by atoms with Gasteiger partial charge < -0.3 is 10.4 Å². The molecule has 20 heavy (non-hydrogen) atoms. The van der Waals surface area contributed by atoms with Crippen LogP contribution in [0.1, 0.15) is 23.1 Å². The SMILES string of the molecule is Cc1ccc2c(c1)C(CO)(Nc1ccc(F)cc1)CC2. The van der Waals surface area contributed by atoms with Gasteiger partial charge in [-0.05, 0) is 55.2 Å². The van der Waals surface area contributed by atoms with Crippen LogP contribution in [0.4, 0.5) is 10.1 Å². The molecule has 1 aliphatic carbocycles. The molecule has 0 saturated carbocycles. The second kappa shape index (κ2) is 4.91. The number of benzene rings is 2. The van der Waals surface area contributed by atoms with Gasteiger partial charge in [-0.25, -0.2) is 4.39 Å². The van der Waals surface area contributed by atoms with Crippen LogP contribution in [0.15, 0.2) is 42.5 Å². The van der Waals surface area contributed by atoms with Gasteiger partial charge in [-0.3, -0.25) is 0 Å². The summed E-state index contributed by atoms with van der Waals surface area (Å²) in [4.78, 5) is 0. The van der Waals surface area contributed by atoms with E-state index >= 15 is 0 Å². The molecule has 0 heterocycles. The van der Waals surface area contributed by atoms with E-state index in [0.717, 1.165) is 24.1 Å². The first kappa shape index (κ1) is 13.1. The van der Waals surface area contributed by atoms with Gasteiger partial charge in [0.15, 0.2) is 0 Å². The Morgan fingerprint density at radius 2 is 1.95 bits per heavy atom. The van der Waals surface area contributed by atoms with Crippen molar-refractivity contribution in [1.82, 2.24) is 0 Å². The van der Waals surface area contributed by atoms with Gasteiger partial charge in [0.2, 0.25) is 0 Å². The maximum Gasteiger partial charge on any atom is 0.123 e. The predicted molar refractivity (Wildman–Crippen MR) is 78.3 cm³/mol. The van der Waals surface area contributed by atoms with E-state index in [-0.39, 0.29) is 12.4 Å². The maximum absolute atomic E-state index is 13.0. The van der Waals surface area contributed by atoms with Crippen molar-refractivity contribution < 1.29 is 9.50 Å². The average molecular weight is 271 g/mol. The summed E-state index contributed by atoms with van der Waals surface area (Å²) in [6.07, 6.45) is 1.80. The molecule has 2 nitrogen and oxygen atoms in total. The molecule has 1 aliphatic rings. The van der Waals surface area contributed by atoms with E-state index in [2.05, 4.69) is 30.4 Å². The molecule has 2 aromatic rings. The molecule has 2 N–H and O–H groups in total. The lowest BCUT2D eigenvalue weighted by atomic mass is 9.91. The Kier molecular flexibility index (Phi) is 3.22. The second-order valence-corrected chi connectivity index (χ2v) is 5.53. The number of nitrogens with one attached hydrogen (secondary N) is 1. The van der Waals surface area contributed by atoms with E-state index in [0.29, 0.717) is 0 Å². The standard InChI is InChI=1S/C17H18FNO/c1-12-2-3-13-8-9-17(11-20,16(13)10-12)19-15-6-4-14(18)5-7-15/h2-7,10,19-20H,8-9,11H2,1H3. The predicted octanol–water partition coefficient (Wildman–Crippen LogP) is 3.38. The highest BCUT2D eigenvalue weighted by Crippen LogP contribution is 2.39. The molecule has 3 rings (SSSR count). The zero-order valence-corrected chi connectivity index (χ0v) is 11.5. The molecule has 0 fully saturated rings. The first-order valence-electron chi connectivity index (χ1n) is 6.88. The van der Waals surface area contributed by atoms with Crippen LogP contribution >= 0.6 is 0 Å². The van der Waals surface area contributed by atoms with Crippen molar-refractivity contribution in [2.24, 2.45) is 0 Å². The fourth-order valence-corrected chi connectivity index (χ4v) is 2.98. The van der Waals surface area contributed by atoms with Crippen LogP contribution in [0, 0.1) is 12.7 Å². The van der Waals surface area contributed by atoms with Gasteiger partial charge in [-0.2, -0.15) is 0 Å². The molecule has 0 radical (unpaired) electrons. The minimum Gasteiger partial charge on any atom is -0.394 e. The summed E-state index contributed by atoms with van der Waals surface area (Å²) in [5, 5.41) is 13.3. The number of fused-ring (bicyclic) bond motifs is 1. The molecule has 1 atom stereocenters. The zero-order chi connectivity index (χ0) is 14.2. The summed E-state index contributed by atoms with van der Waals surface area (Å²) in [6.45, 7) is 2.08. The van der Waals surface area contributed by atoms with Gasteiger partial charge in [0.05, 0.1) is 12.1 Å². The van der Waals surface area contributed by atoms with Crippen molar-refractivity contribution in [3.63, 3.8) is 0 Å². The number of hydrogen-bond acceptors (Lipinski definition) is 2. The molecule has 0 bridgehead atoms. The number of halogens is 1. The lowest BCUT2D eigenvalue weighted by Gasteiger charge is -2.31. The van der Waals surface area contributed by atoms with E-state index in [4.69, 9.17) is 0 Å². The van der Waals surface area contributed by atoms with Crippen molar-refractivity contribution in [3.8, 4) is 0 Å². The van der Waals surface area contributed by atoms with Gasteiger partial charge >= 0.3 is 0 Å². The number of aryl methyl sites for hydroxylation is 2. The van der Waals surface area contributed by atoms with E-state index in [1.54, 1.807) is 12.1 Å². The van der Waals surface area contributed by atoms with Crippen LogP contribution in [0.3, 0.4) is 0 Å². The van der Waals surface area contributed by atoms with E-state index in [9.17, 15) is 9.50 Å². The first-order valence-corrected chi connectivity index (χ1v) is 6.88. The van der Waals surface area contributed by atoms with Gasteiger partial charge in [-0.1, -0.05) is 23.8 Å². The number of anilines is 1. The van der Waals surface area contributed by atoms with E-state index in [1.807, 2.05) is 0 Å². The van der Waals surface area contributed by atoms with Gasteiger partial charge in [0.1, 0.15) is 5.82 Å². The highest BCUT2D eigenvalue weighted by molar-refractivity contribution is 5.52. The number of hydrogen-bond donors (Lipinski definition) is 2. The maximum atomic E-state index is 13.0. The highest BCUT2D eigenvalue weighted by atomic mass is 19.1. The van der Waals surface area contributed by atoms with Gasteiger partial charge in [0.25, 0.3) is 0 Å². The molecule has 0 aromatic heterocycles. The molecule has 0 amide bonds. The smallest absolute Gasteiger partial charge is 0.123 e. The van der Waals surface area contributed by atoms with Crippen molar-refractivity contribution in [3.05, 3.63) is 65.0 Å². The molecule has 104 valence electrons. The fraction of sp³-hybridized carbons (Fsp3) is 0.294. The van der Waals surface area contributed by atoms with Crippen LogP contribution in [0.25, 0.3) is 0 Å². The molecule has 2 aromatic carbocycles. The topological polar surface area (TPSA) is 32.3 Å². The van der Waals surface area contributed by atoms with Crippen molar-refractivity contribution in [2.75, 3.05) is 11.9 Å². The van der Waals surface area contributed by atoms with Crippen LogP contribution in [-0.4, -0.2) is 11.7 Å². The summed E-state index contributed by atoms with van der Waals surface area (Å²) >= 11 is 0. The first-order chi connectivity index (χ1) is 9.63. The lowest BCUT2D eigenvalue weighted by molar-refractivity contribution is 0.211. The molecular weight excluding hydrogens is 253 g/mol. The van der Waals surface area contributed by atoms with Crippen LogP contribution in [0.5, 0.6) is 0 Å². The van der Waals surface area contributed by atoms with Crippen LogP contribution < -0.4 is 5.32 Å². The quantitative estimate of drug-likeness (QED) is 0.897. The molecular formula is C17H18FNO. The number of rotatable bonds is 3. The molecule has 3 heteroatoms. The minimum absolute atomic E-state index is 0.0286. The molecule has 0 spiro atoms. The Morgan fingerprint density at radius 3 is 2.65 bits per heavy atom. The molecule has 0 saturated heterocycles. The average Bonchev–Trinajstić information content (AvgIpc) is 2.80. The Morgan fingerprint density at radius 1 is 1.20 bits per heavy atom. The minimum atomic E-state index is -0.459. The van der Waals surface area contributed by atoms with Crippen LogP contribution in [0.2, 0.25) is 0 Å². The Labute approximate surface area is 118 Å². The summed E-state index contributed by atoms with van der Waals surface area (Å²) < 4.78 is 13.0. The third kappa shape index (κ3) is 2.18. The Balaban J connectivity index is 1.98. The normalized spacial score (nSPS) is 20.8. The summed E-state index contributed by atoms with van der Waals surface area (Å²) in [5.74, 6) is -0.253. The molecule has 0 aliphatic heterocycles. The largest absolute Gasteiger partial charge is 0.394 e. The van der Waals surface area contributed by atoms with Crippen LogP contribution in [-0.2, 0) is 12.0 Å². The highest BCUT2D eigenvalue weighted by Gasteiger charge is 2.38. The third-order valence-corrected chi connectivity index (χ3v) is 4.10. The van der Waals surface area contributed by atoms with Gasteiger partial charge in [0, 0.05) is 5.69 Å². The Hall–Kier alpha value is -1.87. The molecule has 1 unspecified atom stereocenters. The number of aliphatic hydroxyl groups excluding tert-OH is 1.